The number of ketones is 1. The van der Waals surface area contributed by atoms with E-state index in [2.05, 4.69) is 9.73 Å². The number of alkyl halides is 3. The number of esters is 1. The molecule has 0 spiro atoms. The summed E-state index contributed by atoms with van der Waals surface area (Å²) in [5.74, 6) is -4.45. The van der Waals surface area contributed by atoms with Crippen LogP contribution in [0.25, 0.3) is 5.76 Å². The average Bonchev–Trinajstić information content (AvgIpc) is 3.15. The molecule has 0 amide bonds. The molecule has 0 unspecified atom stereocenters. The van der Waals surface area contributed by atoms with Gasteiger partial charge in [-0.3, -0.25) is 9.79 Å². The molecule has 0 saturated carbocycles. The van der Waals surface area contributed by atoms with Crippen molar-refractivity contribution in [3.05, 3.63) is 59.6 Å². The Balaban J connectivity index is 2.53. The van der Waals surface area contributed by atoms with E-state index in [1.807, 2.05) is 0 Å². The highest BCUT2D eigenvalue weighted by Crippen LogP contribution is 2.26. The van der Waals surface area contributed by atoms with Crippen molar-refractivity contribution in [1.82, 2.24) is 0 Å². The lowest BCUT2D eigenvalue weighted by atomic mass is 10.1. The predicted octanol–water partition coefficient (Wildman–Crippen LogP) is 3.87. The van der Waals surface area contributed by atoms with Crippen molar-refractivity contribution >= 4 is 29.4 Å². The molecule has 1 heterocycles. The SMILES string of the molecule is COC(=O)c1ccccc1N=C/C(C(=O)C(F)(F)F)=C(\O)c1ccco1. The standard InChI is InChI=1S/C17H12F3NO5/c1-25-16(24)10-5-2-3-6-12(10)21-9-11(15(23)17(18,19)20)14(22)13-7-4-8-26-13/h2-9,22H,1H3/b14-11+,21-9?. The first-order valence-corrected chi connectivity index (χ1v) is 7.05. The van der Waals surface area contributed by atoms with E-state index in [9.17, 15) is 27.9 Å². The molecular weight excluding hydrogens is 355 g/mol. The molecule has 1 aromatic heterocycles. The zero-order valence-electron chi connectivity index (χ0n) is 13.3. The molecule has 9 heteroatoms. The molecule has 6 nitrogen and oxygen atoms in total. The smallest absolute Gasteiger partial charge is 0.455 e. The topological polar surface area (TPSA) is 89.1 Å². The molecule has 136 valence electrons. The molecule has 2 rings (SSSR count). The van der Waals surface area contributed by atoms with Gasteiger partial charge in [0.15, 0.2) is 11.5 Å². The highest BCUT2D eigenvalue weighted by Gasteiger charge is 2.42. The second-order valence-corrected chi connectivity index (χ2v) is 4.83. The molecule has 0 fully saturated rings. The molecule has 0 aliphatic rings. The summed E-state index contributed by atoms with van der Waals surface area (Å²) in [4.78, 5) is 27.0. The van der Waals surface area contributed by atoms with Crippen LogP contribution in [0.1, 0.15) is 16.1 Å². The third-order valence-electron chi connectivity index (χ3n) is 3.15. The van der Waals surface area contributed by atoms with Crippen molar-refractivity contribution in [3.8, 4) is 0 Å². The van der Waals surface area contributed by atoms with Crippen LogP contribution in [-0.2, 0) is 9.53 Å². The number of halogens is 3. The zero-order valence-corrected chi connectivity index (χ0v) is 13.3. The van der Waals surface area contributed by atoms with Gasteiger partial charge in [-0.1, -0.05) is 12.1 Å². The van der Waals surface area contributed by atoms with Gasteiger partial charge in [0.2, 0.25) is 0 Å². The first kappa shape index (κ1) is 19.0. The number of furan rings is 1. The molecule has 26 heavy (non-hydrogen) atoms. The number of ether oxygens (including phenoxy) is 1. The van der Waals surface area contributed by atoms with Gasteiger partial charge in [0, 0.05) is 6.21 Å². The number of nitrogens with zero attached hydrogens (tertiary/aromatic N) is 1. The molecule has 0 aliphatic carbocycles. The third kappa shape index (κ3) is 4.18. The highest BCUT2D eigenvalue weighted by atomic mass is 19.4. The number of hydrogen-bond acceptors (Lipinski definition) is 6. The highest BCUT2D eigenvalue weighted by molar-refractivity contribution is 6.20. The van der Waals surface area contributed by atoms with Crippen molar-refractivity contribution in [2.24, 2.45) is 4.99 Å². The van der Waals surface area contributed by atoms with Crippen LogP contribution in [-0.4, -0.2) is 36.4 Å². The van der Waals surface area contributed by atoms with E-state index in [-0.39, 0.29) is 17.0 Å². The number of benzene rings is 1. The number of hydrogen-bond donors (Lipinski definition) is 1. The van der Waals surface area contributed by atoms with Crippen LogP contribution in [0.15, 0.2) is 57.6 Å². The van der Waals surface area contributed by atoms with Crippen LogP contribution in [0, 0.1) is 0 Å². The summed E-state index contributed by atoms with van der Waals surface area (Å²) in [6.45, 7) is 0. The molecule has 2 aromatic rings. The third-order valence-corrected chi connectivity index (χ3v) is 3.15. The quantitative estimate of drug-likeness (QED) is 0.375. The van der Waals surface area contributed by atoms with E-state index < -0.39 is 29.3 Å². The molecule has 0 aliphatic heterocycles. The Morgan fingerprint density at radius 2 is 1.88 bits per heavy atom. The van der Waals surface area contributed by atoms with Gasteiger partial charge in [0.25, 0.3) is 5.78 Å². The second kappa shape index (κ2) is 7.68. The van der Waals surface area contributed by atoms with Gasteiger partial charge in [-0.05, 0) is 24.3 Å². The average molecular weight is 367 g/mol. The van der Waals surface area contributed by atoms with Gasteiger partial charge in [-0.2, -0.15) is 13.2 Å². The lowest BCUT2D eigenvalue weighted by Crippen LogP contribution is -2.26. The van der Waals surface area contributed by atoms with E-state index >= 15 is 0 Å². The predicted molar refractivity (Wildman–Crippen MR) is 85.3 cm³/mol. The lowest BCUT2D eigenvalue weighted by molar-refractivity contribution is -0.165. The number of aliphatic hydroxyl groups excluding tert-OH is 1. The van der Waals surface area contributed by atoms with Crippen LogP contribution in [0.3, 0.4) is 0 Å². The van der Waals surface area contributed by atoms with Crippen LogP contribution in [0.2, 0.25) is 0 Å². The van der Waals surface area contributed by atoms with Gasteiger partial charge in [0.05, 0.1) is 30.2 Å². The fourth-order valence-corrected chi connectivity index (χ4v) is 1.93. The summed E-state index contributed by atoms with van der Waals surface area (Å²) in [6.07, 6.45) is -3.61. The van der Waals surface area contributed by atoms with Crippen molar-refractivity contribution in [1.29, 1.82) is 0 Å². The first-order valence-electron chi connectivity index (χ1n) is 7.05. The molecular formula is C17H12F3NO5. The van der Waals surface area contributed by atoms with Crippen molar-refractivity contribution in [2.75, 3.05) is 7.11 Å². The fourth-order valence-electron chi connectivity index (χ4n) is 1.93. The van der Waals surface area contributed by atoms with Crippen LogP contribution in [0.5, 0.6) is 0 Å². The molecule has 0 saturated heterocycles. The van der Waals surface area contributed by atoms with Crippen LogP contribution in [0.4, 0.5) is 18.9 Å². The number of methoxy groups -OCH3 is 1. The minimum absolute atomic E-state index is 0.0254. The van der Waals surface area contributed by atoms with E-state index in [0.29, 0.717) is 6.21 Å². The van der Waals surface area contributed by atoms with Crippen molar-refractivity contribution in [2.45, 2.75) is 6.18 Å². The Kier molecular flexibility index (Phi) is 5.61. The summed E-state index contributed by atoms with van der Waals surface area (Å²) in [7, 11) is 1.13. The number of aliphatic hydroxyl groups is 1. The maximum Gasteiger partial charge on any atom is 0.455 e. The fraction of sp³-hybridized carbons (Fsp3) is 0.118. The maximum absolute atomic E-state index is 12.8. The largest absolute Gasteiger partial charge is 0.504 e. The van der Waals surface area contributed by atoms with Gasteiger partial charge < -0.3 is 14.3 Å². The Morgan fingerprint density at radius 3 is 2.46 bits per heavy atom. The number of aliphatic imine (C=N–C) groups is 1. The van der Waals surface area contributed by atoms with Gasteiger partial charge in [-0.15, -0.1) is 0 Å². The van der Waals surface area contributed by atoms with Gasteiger partial charge in [0.1, 0.15) is 0 Å². The van der Waals surface area contributed by atoms with Gasteiger partial charge in [-0.25, -0.2) is 4.79 Å². The lowest BCUT2D eigenvalue weighted by Gasteiger charge is -2.08. The first-order chi connectivity index (χ1) is 12.3. The van der Waals surface area contributed by atoms with E-state index in [0.717, 1.165) is 13.4 Å². The van der Waals surface area contributed by atoms with E-state index in [4.69, 9.17) is 4.42 Å². The Morgan fingerprint density at radius 1 is 1.19 bits per heavy atom. The number of Topliss-reactive ketones (excluding diaryl/α,β-unsaturated/α-hetero) is 1. The summed E-state index contributed by atoms with van der Waals surface area (Å²) < 4.78 is 47.8. The Hall–Kier alpha value is -3.36. The summed E-state index contributed by atoms with van der Waals surface area (Å²) >= 11 is 0. The molecule has 0 bridgehead atoms. The maximum atomic E-state index is 12.8. The van der Waals surface area contributed by atoms with Crippen molar-refractivity contribution < 1.29 is 37.0 Å². The zero-order chi connectivity index (χ0) is 19.3. The minimum Gasteiger partial charge on any atom is -0.504 e. The molecule has 1 N–H and O–H groups in total. The Labute approximate surface area is 145 Å². The van der Waals surface area contributed by atoms with Crippen molar-refractivity contribution in [3.63, 3.8) is 0 Å². The molecule has 0 atom stereocenters. The van der Waals surface area contributed by atoms with Crippen LogP contribution >= 0.6 is 0 Å². The molecule has 0 radical (unpaired) electrons. The second-order valence-electron chi connectivity index (χ2n) is 4.83. The molecule has 1 aromatic carbocycles. The monoisotopic (exact) mass is 367 g/mol. The number of allylic oxidation sites excluding steroid dienone is 1. The van der Waals surface area contributed by atoms with Gasteiger partial charge >= 0.3 is 12.1 Å². The number of carbonyl (C=O) groups excluding carboxylic acids is 2. The normalized spacial score (nSPS) is 12.8. The number of para-hydroxylation sites is 1. The summed E-state index contributed by atoms with van der Waals surface area (Å²) in [5, 5.41) is 9.99. The van der Waals surface area contributed by atoms with Crippen LogP contribution < -0.4 is 0 Å². The summed E-state index contributed by atoms with van der Waals surface area (Å²) in [5.41, 5.74) is -1.20. The summed E-state index contributed by atoms with van der Waals surface area (Å²) in [6, 6.07) is 8.17. The number of rotatable bonds is 5. The van der Waals surface area contributed by atoms with E-state index in [1.54, 1.807) is 0 Å². The number of carbonyl (C=O) groups is 2. The van der Waals surface area contributed by atoms with E-state index in [1.165, 1.54) is 36.4 Å². The Bertz CT molecular complexity index is 867. The minimum atomic E-state index is -5.25.